The minimum absolute atomic E-state index is 0.114. The van der Waals surface area contributed by atoms with Crippen molar-refractivity contribution >= 4 is 16.3 Å². The van der Waals surface area contributed by atoms with Crippen LogP contribution in [0.1, 0.15) is 42.1 Å². The summed E-state index contributed by atoms with van der Waals surface area (Å²) in [7, 11) is 0. The van der Waals surface area contributed by atoms with E-state index < -0.39 is 0 Å². The first-order valence-corrected chi connectivity index (χ1v) is 9.39. The topological polar surface area (TPSA) is 53.7 Å². The molecule has 1 aromatic carbocycles. The van der Waals surface area contributed by atoms with Gasteiger partial charge in [-0.1, -0.05) is 30.4 Å². The van der Waals surface area contributed by atoms with E-state index in [1.54, 1.807) is 12.1 Å². The van der Waals surface area contributed by atoms with E-state index in [-0.39, 0.29) is 17.7 Å². The molecule has 0 saturated carbocycles. The number of aromatic nitrogens is 3. The third kappa shape index (κ3) is 3.02. The zero-order valence-corrected chi connectivity index (χ0v) is 15.1. The molecule has 3 aromatic rings. The molecular formula is C18H21FN4OS. The number of aryl methyl sites for hydroxylation is 1. The van der Waals surface area contributed by atoms with Crippen molar-refractivity contribution in [1.29, 1.82) is 0 Å². The van der Waals surface area contributed by atoms with Gasteiger partial charge in [-0.25, -0.2) is 9.37 Å². The van der Waals surface area contributed by atoms with Gasteiger partial charge in [0.25, 0.3) is 0 Å². The first kappa shape index (κ1) is 16.5. The predicted molar refractivity (Wildman–Crippen MR) is 95.5 cm³/mol. The van der Waals surface area contributed by atoms with Crippen molar-refractivity contribution in [3.63, 3.8) is 0 Å². The Morgan fingerprint density at radius 1 is 1.32 bits per heavy atom. The lowest BCUT2D eigenvalue weighted by Gasteiger charge is -2.37. The Kier molecular flexibility index (Phi) is 4.21. The van der Waals surface area contributed by atoms with Gasteiger partial charge >= 0.3 is 0 Å². The van der Waals surface area contributed by atoms with E-state index in [0.29, 0.717) is 16.7 Å². The lowest BCUT2D eigenvalue weighted by Crippen LogP contribution is -2.37. The summed E-state index contributed by atoms with van der Waals surface area (Å²) in [4.78, 5) is 8.25. The number of likely N-dealkylation sites (tertiary alicyclic amines) is 1. The van der Waals surface area contributed by atoms with Crippen molar-refractivity contribution in [2.24, 2.45) is 5.92 Å². The van der Waals surface area contributed by atoms with Gasteiger partial charge in [0.1, 0.15) is 11.6 Å². The van der Waals surface area contributed by atoms with Gasteiger partial charge in [-0.05, 0) is 49.9 Å². The lowest BCUT2D eigenvalue weighted by molar-refractivity contribution is 0.149. The molecule has 2 aromatic heterocycles. The summed E-state index contributed by atoms with van der Waals surface area (Å²) in [6.07, 6.45) is 2.34. The molecule has 3 heterocycles. The van der Waals surface area contributed by atoms with Crippen LogP contribution in [0.3, 0.4) is 0 Å². The van der Waals surface area contributed by atoms with Crippen LogP contribution >= 0.6 is 11.3 Å². The number of benzene rings is 1. The molecule has 7 heteroatoms. The molecule has 0 amide bonds. The maximum Gasteiger partial charge on any atom is 0.230 e. The maximum absolute atomic E-state index is 13.4. The van der Waals surface area contributed by atoms with Gasteiger partial charge in [0.15, 0.2) is 0 Å². The maximum atomic E-state index is 13.4. The van der Waals surface area contributed by atoms with Gasteiger partial charge in [-0.2, -0.15) is 4.52 Å². The fourth-order valence-electron chi connectivity index (χ4n) is 3.66. The third-order valence-electron chi connectivity index (χ3n) is 4.79. The van der Waals surface area contributed by atoms with Crippen LogP contribution in [0.5, 0.6) is 5.88 Å². The molecule has 0 bridgehead atoms. The Hall–Kier alpha value is -1.99. The number of nitrogens with zero attached hydrogens (tertiary/aromatic N) is 4. The zero-order valence-electron chi connectivity index (χ0n) is 14.3. The van der Waals surface area contributed by atoms with E-state index in [2.05, 4.69) is 21.9 Å². The molecule has 1 saturated heterocycles. The zero-order chi connectivity index (χ0) is 17.6. The number of hydrogen-bond acceptors (Lipinski definition) is 5. The molecular weight excluding hydrogens is 339 g/mol. The number of aromatic hydroxyl groups is 1. The summed E-state index contributed by atoms with van der Waals surface area (Å²) < 4.78 is 14.9. The standard InChI is InChI=1S/C18H21FN4OS/c1-11-4-3-9-22(10-11)15(13-5-7-14(19)8-6-13)16-17(24)23-18(25-16)20-12(2)21-23/h5-8,11,15,24H,3-4,9-10H2,1-2H3/t11-,15-/m1/s1. The highest BCUT2D eigenvalue weighted by Crippen LogP contribution is 2.41. The average molecular weight is 360 g/mol. The summed E-state index contributed by atoms with van der Waals surface area (Å²) in [5.74, 6) is 1.12. The smallest absolute Gasteiger partial charge is 0.230 e. The third-order valence-corrected chi connectivity index (χ3v) is 5.87. The summed E-state index contributed by atoms with van der Waals surface area (Å²) in [6.45, 7) is 5.97. The van der Waals surface area contributed by atoms with Crippen LogP contribution in [-0.4, -0.2) is 37.7 Å². The summed E-state index contributed by atoms with van der Waals surface area (Å²) >= 11 is 1.45. The van der Waals surface area contributed by atoms with Gasteiger partial charge in [0.2, 0.25) is 10.8 Å². The van der Waals surface area contributed by atoms with E-state index in [0.717, 1.165) is 30.0 Å². The van der Waals surface area contributed by atoms with Crippen LogP contribution in [-0.2, 0) is 0 Å². The number of hydrogen-bond donors (Lipinski definition) is 1. The van der Waals surface area contributed by atoms with Crippen molar-refractivity contribution < 1.29 is 9.50 Å². The van der Waals surface area contributed by atoms with E-state index in [1.165, 1.54) is 34.4 Å². The van der Waals surface area contributed by atoms with E-state index in [4.69, 9.17) is 0 Å². The van der Waals surface area contributed by atoms with Crippen LogP contribution in [0.4, 0.5) is 4.39 Å². The highest BCUT2D eigenvalue weighted by Gasteiger charge is 2.31. The Morgan fingerprint density at radius 3 is 2.76 bits per heavy atom. The van der Waals surface area contributed by atoms with Crippen LogP contribution in [0.2, 0.25) is 0 Å². The SMILES string of the molecule is Cc1nc2sc([C@@H](c3ccc(F)cc3)N3CCC[C@@H](C)C3)c(O)n2n1. The first-order valence-electron chi connectivity index (χ1n) is 8.57. The van der Waals surface area contributed by atoms with Gasteiger partial charge in [0.05, 0.1) is 10.9 Å². The minimum Gasteiger partial charge on any atom is -0.492 e. The van der Waals surface area contributed by atoms with Crippen LogP contribution in [0, 0.1) is 18.7 Å². The fraction of sp³-hybridized carbons (Fsp3) is 0.444. The Labute approximate surface area is 149 Å². The molecule has 0 radical (unpaired) electrons. The second-order valence-electron chi connectivity index (χ2n) is 6.84. The number of halogens is 1. The fourth-order valence-corrected chi connectivity index (χ4v) is 4.82. The van der Waals surface area contributed by atoms with Crippen molar-refractivity contribution in [3.8, 4) is 5.88 Å². The molecule has 1 aliphatic heterocycles. The number of piperidine rings is 1. The molecule has 1 N–H and O–H groups in total. The lowest BCUT2D eigenvalue weighted by atomic mass is 9.95. The average Bonchev–Trinajstić information content (AvgIpc) is 3.08. The highest BCUT2D eigenvalue weighted by atomic mass is 32.1. The van der Waals surface area contributed by atoms with Gasteiger partial charge < -0.3 is 5.11 Å². The molecule has 0 aliphatic carbocycles. The highest BCUT2D eigenvalue weighted by molar-refractivity contribution is 7.17. The van der Waals surface area contributed by atoms with Crippen molar-refractivity contribution in [3.05, 3.63) is 46.3 Å². The number of rotatable bonds is 3. The Balaban J connectivity index is 1.81. The van der Waals surface area contributed by atoms with Crippen LogP contribution in [0.15, 0.2) is 24.3 Å². The monoisotopic (exact) mass is 360 g/mol. The summed E-state index contributed by atoms with van der Waals surface area (Å²) in [5.41, 5.74) is 0.979. The molecule has 2 atom stereocenters. The van der Waals surface area contributed by atoms with E-state index in [9.17, 15) is 9.50 Å². The van der Waals surface area contributed by atoms with Crippen molar-refractivity contribution in [2.45, 2.75) is 32.7 Å². The predicted octanol–water partition coefficient (Wildman–Crippen LogP) is 3.77. The molecule has 5 nitrogen and oxygen atoms in total. The normalized spacial score (nSPS) is 20.2. The second-order valence-corrected chi connectivity index (χ2v) is 7.85. The minimum atomic E-state index is -0.253. The molecule has 4 rings (SSSR count). The Morgan fingerprint density at radius 2 is 2.08 bits per heavy atom. The van der Waals surface area contributed by atoms with Gasteiger partial charge in [0, 0.05) is 6.54 Å². The summed E-state index contributed by atoms with van der Waals surface area (Å²) in [5, 5.41) is 15.0. The largest absolute Gasteiger partial charge is 0.492 e. The van der Waals surface area contributed by atoms with Gasteiger partial charge in [-0.15, -0.1) is 5.10 Å². The number of thiazole rings is 1. The Bertz CT molecular complexity index is 889. The molecule has 1 fully saturated rings. The molecule has 1 aliphatic rings. The van der Waals surface area contributed by atoms with Crippen LogP contribution in [0.25, 0.3) is 4.96 Å². The number of fused-ring (bicyclic) bond motifs is 1. The van der Waals surface area contributed by atoms with Crippen LogP contribution < -0.4 is 0 Å². The molecule has 25 heavy (non-hydrogen) atoms. The van der Waals surface area contributed by atoms with Crippen molar-refractivity contribution in [1.82, 2.24) is 19.5 Å². The van der Waals surface area contributed by atoms with E-state index >= 15 is 0 Å². The molecule has 0 spiro atoms. The first-order chi connectivity index (χ1) is 12.0. The quantitative estimate of drug-likeness (QED) is 0.773. The summed E-state index contributed by atoms with van der Waals surface area (Å²) in [6, 6.07) is 6.46. The molecule has 132 valence electrons. The van der Waals surface area contributed by atoms with E-state index in [1.807, 2.05) is 6.92 Å². The van der Waals surface area contributed by atoms with Gasteiger partial charge in [-0.3, -0.25) is 4.90 Å². The molecule has 0 unspecified atom stereocenters. The second kappa shape index (κ2) is 6.38. The van der Waals surface area contributed by atoms with Crippen molar-refractivity contribution in [2.75, 3.05) is 13.1 Å².